The third-order valence-corrected chi connectivity index (χ3v) is 6.87. The van der Waals surface area contributed by atoms with Gasteiger partial charge in [-0.15, -0.1) is 6.58 Å². The highest BCUT2D eigenvalue weighted by Crippen LogP contribution is 2.31. The second-order valence-electron chi connectivity index (χ2n) is 10.3. The molecule has 3 heterocycles. The van der Waals surface area contributed by atoms with Crippen molar-refractivity contribution in [2.24, 2.45) is 11.0 Å². The van der Waals surface area contributed by atoms with Crippen molar-refractivity contribution in [3.05, 3.63) is 60.3 Å². The Hall–Kier alpha value is -3.92. The van der Waals surface area contributed by atoms with Crippen molar-refractivity contribution in [3.63, 3.8) is 0 Å². The van der Waals surface area contributed by atoms with Gasteiger partial charge >= 0.3 is 0 Å². The van der Waals surface area contributed by atoms with E-state index in [2.05, 4.69) is 85.7 Å². The molecular weight excluding hydrogens is 490 g/mol. The van der Waals surface area contributed by atoms with Crippen LogP contribution in [0.5, 0.6) is 0 Å². The molecule has 4 rings (SSSR count). The van der Waals surface area contributed by atoms with Crippen molar-refractivity contribution in [2.45, 2.75) is 39.7 Å². The average Bonchev–Trinajstić information content (AvgIpc) is 3.41. The number of allylic oxidation sites excluding steroid dienone is 1. The Labute approximate surface area is 231 Å². The Morgan fingerprint density at radius 2 is 2.03 bits per heavy atom. The van der Waals surface area contributed by atoms with Gasteiger partial charge in [-0.1, -0.05) is 26.0 Å². The fraction of sp³-hybridized carbons (Fsp3) is 0.448. The molecule has 39 heavy (non-hydrogen) atoms. The quantitative estimate of drug-likeness (QED) is 0.150. The van der Waals surface area contributed by atoms with E-state index < -0.39 is 0 Å². The number of nitrogens with one attached hydrogen (secondary N) is 4. The maximum Gasteiger partial charge on any atom is 0.256 e. The van der Waals surface area contributed by atoms with E-state index in [4.69, 9.17) is 0 Å². The van der Waals surface area contributed by atoms with Crippen LogP contribution in [-0.2, 0) is 0 Å². The Morgan fingerprint density at radius 1 is 1.26 bits per heavy atom. The molecule has 0 unspecified atom stereocenters. The molecule has 10 heteroatoms. The summed E-state index contributed by atoms with van der Waals surface area (Å²) in [6, 6.07) is 6.99. The van der Waals surface area contributed by atoms with Crippen LogP contribution in [0.4, 0.5) is 23.1 Å². The maximum atomic E-state index is 12.8. The number of carbonyl (C=O) groups is 1. The fourth-order valence-electron chi connectivity index (χ4n) is 4.80. The molecule has 10 nitrogen and oxygen atoms in total. The normalized spacial score (nSPS) is 16.4. The van der Waals surface area contributed by atoms with Crippen molar-refractivity contribution in [1.82, 2.24) is 25.6 Å². The van der Waals surface area contributed by atoms with Crippen LogP contribution in [-0.4, -0.2) is 72.4 Å². The summed E-state index contributed by atoms with van der Waals surface area (Å²) in [6.07, 6.45) is 9.66. The minimum atomic E-state index is -0.303. The summed E-state index contributed by atoms with van der Waals surface area (Å²) in [6.45, 7) is 14.9. The lowest BCUT2D eigenvalue weighted by molar-refractivity contribution is 0.0958. The Balaban J connectivity index is 1.51. The van der Waals surface area contributed by atoms with Gasteiger partial charge in [0.15, 0.2) is 5.84 Å². The first-order chi connectivity index (χ1) is 18.9. The highest BCUT2D eigenvalue weighted by atomic mass is 16.1. The molecule has 0 aliphatic carbocycles. The third-order valence-electron chi connectivity index (χ3n) is 6.87. The van der Waals surface area contributed by atoms with E-state index in [1.54, 1.807) is 13.1 Å². The third kappa shape index (κ3) is 7.35. The van der Waals surface area contributed by atoms with Gasteiger partial charge in [0, 0.05) is 50.3 Å². The SMILES string of the molecule is C=CCNC(=O)c1cnc(Nc2ccc(N3CC(N4CCCC4)C3)c(C)c2)nc1NC(/C=C\C(C)C)=N/NC. The fourth-order valence-corrected chi connectivity index (χ4v) is 4.80. The Kier molecular flexibility index (Phi) is 9.54. The summed E-state index contributed by atoms with van der Waals surface area (Å²) in [7, 11) is 1.72. The van der Waals surface area contributed by atoms with Crippen LogP contribution in [0.25, 0.3) is 0 Å². The zero-order valence-corrected chi connectivity index (χ0v) is 23.5. The van der Waals surface area contributed by atoms with Gasteiger partial charge in [-0.3, -0.25) is 9.69 Å². The number of hydrogen-bond acceptors (Lipinski definition) is 8. The molecule has 208 valence electrons. The van der Waals surface area contributed by atoms with Gasteiger partial charge in [-0.25, -0.2) is 4.98 Å². The van der Waals surface area contributed by atoms with Crippen molar-refractivity contribution < 1.29 is 4.79 Å². The van der Waals surface area contributed by atoms with Gasteiger partial charge in [0.25, 0.3) is 5.91 Å². The Morgan fingerprint density at radius 3 is 2.69 bits per heavy atom. The van der Waals surface area contributed by atoms with E-state index >= 15 is 0 Å². The number of carbonyl (C=O) groups excluding carboxylic acids is 1. The lowest BCUT2D eigenvalue weighted by Gasteiger charge is -2.46. The molecule has 0 saturated carbocycles. The van der Waals surface area contributed by atoms with Crippen LogP contribution < -0.4 is 26.3 Å². The van der Waals surface area contributed by atoms with Crippen LogP contribution in [0.3, 0.4) is 0 Å². The number of nitrogens with zero attached hydrogens (tertiary/aromatic N) is 5. The summed E-state index contributed by atoms with van der Waals surface area (Å²) in [5, 5.41) is 13.5. The first-order valence-electron chi connectivity index (χ1n) is 13.7. The van der Waals surface area contributed by atoms with Gasteiger partial charge in [0.1, 0.15) is 11.4 Å². The van der Waals surface area contributed by atoms with E-state index in [9.17, 15) is 4.79 Å². The van der Waals surface area contributed by atoms with E-state index in [0.29, 0.717) is 41.7 Å². The van der Waals surface area contributed by atoms with E-state index in [0.717, 1.165) is 18.8 Å². The molecule has 2 fully saturated rings. The number of hydrazone groups is 1. The number of likely N-dealkylation sites (tertiary alicyclic amines) is 1. The zero-order valence-electron chi connectivity index (χ0n) is 23.5. The average molecular weight is 532 g/mol. The number of aromatic nitrogens is 2. The molecule has 4 N–H and O–H groups in total. The van der Waals surface area contributed by atoms with Crippen molar-refractivity contribution >= 4 is 34.9 Å². The van der Waals surface area contributed by atoms with Crippen LogP contribution in [0.1, 0.15) is 42.6 Å². The first kappa shape index (κ1) is 28.1. The van der Waals surface area contributed by atoms with Gasteiger partial charge < -0.3 is 26.3 Å². The molecule has 2 saturated heterocycles. The van der Waals surface area contributed by atoms with E-state index in [1.165, 1.54) is 43.4 Å². The standard InChI is InChI=1S/C29H41N9O/c1-6-13-31-28(39)24-17-32-29(35-27(24)34-26(36-30-5)12-9-20(2)3)33-22-10-11-25(21(4)16-22)38-18-23(19-38)37-14-7-8-15-37/h6,9-12,16-17,20,23,30H,1,7-8,13-15,18-19H2,2-5H3,(H,31,39)(H2,32,33,34,35,36)/b12-9-. The molecule has 1 aromatic carbocycles. The van der Waals surface area contributed by atoms with E-state index in [-0.39, 0.29) is 5.91 Å². The molecule has 0 spiro atoms. The van der Waals surface area contributed by atoms with Crippen molar-refractivity contribution in [1.29, 1.82) is 0 Å². The van der Waals surface area contributed by atoms with Gasteiger partial charge in [-0.2, -0.15) is 10.1 Å². The van der Waals surface area contributed by atoms with Crippen LogP contribution in [0, 0.1) is 12.8 Å². The predicted octanol–water partition coefficient (Wildman–Crippen LogP) is 3.89. The lowest BCUT2D eigenvalue weighted by atomic mass is 10.0. The van der Waals surface area contributed by atoms with Crippen LogP contribution >= 0.6 is 0 Å². The number of anilines is 4. The summed E-state index contributed by atoms with van der Waals surface area (Å²) >= 11 is 0. The second kappa shape index (κ2) is 13.2. The van der Waals surface area contributed by atoms with E-state index in [1.807, 2.05) is 18.2 Å². The van der Waals surface area contributed by atoms with Gasteiger partial charge in [0.2, 0.25) is 5.95 Å². The molecule has 2 aromatic rings. The Bertz CT molecular complexity index is 1210. The largest absolute Gasteiger partial charge is 0.368 e. The number of amidine groups is 1. The number of benzene rings is 1. The van der Waals surface area contributed by atoms with Crippen molar-refractivity contribution in [2.75, 3.05) is 55.3 Å². The summed E-state index contributed by atoms with van der Waals surface area (Å²) in [5.41, 5.74) is 6.44. The summed E-state index contributed by atoms with van der Waals surface area (Å²) < 4.78 is 0. The molecular formula is C29H41N9O. The van der Waals surface area contributed by atoms with Gasteiger partial charge in [0.05, 0.1) is 0 Å². The summed E-state index contributed by atoms with van der Waals surface area (Å²) in [5.74, 6) is 1.27. The molecule has 2 aliphatic heterocycles. The summed E-state index contributed by atoms with van der Waals surface area (Å²) in [4.78, 5) is 26.9. The number of amides is 1. The van der Waals surface area contributed by atoms with Crippen LogP contribution in [0.2, 0.25) is 0 Å². The highest BCUT2D eigenvalue weighted by Gasteiger charge is 2.33. The second-order valence-corrected chi connectivity index (χ2v) is 10.3. The smallest absolute Gasteiger partial charge is 0.256 e. The number of rotatable bonds is 11. The minimum absolute atomic E-state index is 0.303. The maximum absolute atomic E-state index is 12.8. The molecule has 1 aromatic heterocycles. The zero-order chi connectivity index (χ0) is 27.8. The molecule has 0 radical (unpaired) electrons. The monoisotopic (exact) mass is 531 g/mol. The molecule has 0 atom stereocenters. The predicted molar refractivity (Wildman–Crippen MR) is 160 cm³/mol. The molecule has 2 aliphatic rings. The highest BCUT2D eigenvalue weighted by molar-refractivity contribution is 6.07. The lowest BCUT2D eigenvalue weighted by Crippen LogP contribution is -2.59. The van der Waals surface area contributed by atoms with Gasteiger partial charge in [-0.05, 0) is 68.6 Å². The molecule has 1 amide bonds. The van der Waals surface area contributed by atoms with Crippen LogP contribution in [0.15, 0.2) is 54.3 Å². The number of aryl methyl sites for hydroxylation is 1. The topological polar surface area (TPSA) is 110 Å². The number of hydrogen-bond donors (Lipinski definition) is 4. The minimum Gasteiger partial charge on any atom is -0.368 e. The van der Waals surface area contributed by atoms with Crippen molar-refractivity contribution in [3.8, 4) is 0 Å². The molecule has 0 bridgehead atoms. The first-order valence-corrected chi connectivity index (χ1v) is 13.7.